The molecule has 1 fully saturated rings. The fourth-order valence-corrected chi connectivity index (χ4v) is 3.07. The third kappa shape index (κ3) is 2.87. The van der Waals surface area contributed by atoms with Crippen LogP contribution in [0.5, 0.6) is 0 Å². The number of halogens is 1. The van der Waals surface area contributed by atoms with E-state index in [0.29, 0.717) is 0 Å². The molecule has 1 atom stereocenters. The molecule has 0 radical (unpaired) electrons. The highest BCUT2D eigenvalue weighted by Crippen LogP contribution is 2.58. The Balaban J connectivity index is 2.57. The number of likely N-dealkylation sites (N-methyl/N-ethyl adjacent to an activating group) is 1. The molecule has 1 saturated heterocycles. The maximum Gasteiger partial charge on any atom is 0.417 e. The topological polar surface area (TPSA) is 76.2 Å². The van der Waals surface area contributed by atoms with Crippen LogP contribution in [0.2, 0.25) is 0 Å². The van der Waals surface area contributed by atoms with Gasteiger partial charge in [-0.3, -0.25) is 9.36 Å². The van der Waals surface area contributed by atoms with E-state index in [4.69, 9.17) is 11.2 Å². The first-order valence-electron chi connectivity index (χ1n) is 4.51. The summed E-state index contributed by atoms with van der Waals surface area (Å²) in [6, 6.07) is 0. The zero-order chi connectivity index (χ0) is 12.2. The second-order valence-corrected chi connectivity index (χ2v) is 6.49. The van der Waals surface area contributed by atoms with Gasteiger partial charge in [-0.1, -0.05) is 0 Å². The Morgan fingerprint density at radius 3 is 2.94 bits per heavy atom. The monoisotopic (exact) mass is 270 g/mol. The Morgan fingerprint density at radius 2 is 2.44 bits per heavy atom. The van der Waals surface area contributed by atoms with Crippen molar-refractivity contribution in [2.45, 2.75) is 0 Å². The number of rotatable bonds is 6. The molecule has 1 aliphatic rings. The number of ether oxygens (including phenoxy) is 2. The van der Waals surface area contributed by atoms with Crippen molar-refractivity contribution in [3.05, 3.63) is 0 Å². The van der Waals surface area contributed by atoms with Crippen LogP contribution < -0.4 is 0 Å². The maximum atomic E-state index is 12.1. The van der Waals surface area contributed by atoms with Crippen molar-refractivity contribution in [3.63, 3.8) is 0 Å². The molecule has 92 valence electrons. The molecule has 1 rings (SSSR count). The molecule has 0 aliphatic carbocycles. The summed E-state index contributed by atoms with van der Waals surface area (Å²) in [7, 11) is 1.48. The molecule has 0 N–H and O–H groups in total. The highest BCUT2D eigenvalue weighted by atomic mass is 35.7. The second-order valence-electron chi connectivity index (χ2n) is 3.06. The molecule has 0 aromatic rings. The Labute approximate surface area is 97.5 Å². The Kier molecular flexibility index (Phi) is 4.58. The number of hydrogen-bond donors (Lipinski definition) is 0. The number of nitrogens with zero attached hydrogens (tertiary/aromatic N) is 2. The zero-order valence-electron chi connectivity index (χ0n) is 8.67. The van der Waals surface area contributed by atoms with Crippen LogP contribution >= 0.6 is 18.0 Å². The van der Waals surface area contributed by atoms with Crippen LogP contribution in [0.1, 0.15) is 0 Å². The maximum absolute atomic E-state index is 12.1. The Hall–Kier alpha value is -0.780. The molecule has 0 bridgehead atoms. The van der Waals surface area contributed by atoms with Gasteiger partial charge in [-0.15, -0.1) is 0 Å². The van der Waals surface area contributed by atoms with Gasteiger partial charge >= 0.3 is 12.9 Å². The largest absolute Gasteiger partial charge is 0.467 e. The molecule has 9 heteroatoms. The molecule has 1 amide bonds. The molecule has 1 unspecified atom stereocenters. The van der Waals surface area contributed by atoms with Crippen molar-refractivity contribution < 1.29 is 23.6 Å². The van der Waals surface area contributed by atoms with E-state index in [1.54, 1.807) is 0 Å². The summed E-state index contributed by atoms with van der Waals surface area (Å²) in [5.74, 6) is 0. The highest BCUT2D eigenvalue weighted by molar-refractivity contribution is 7.85. The van der Waals surface area contributed by atoms with E-state index in [2.05, 4.69) is 9.47 Å². The lowest BCUT2D eigenvalue weighted by molar-refractivity contribution is -0.128. The van der Waals surface area contributed by atoms with Crippen molar-refractivity contribution in [2.75, 3.05) is 33.4 Å². The van der Waals surface area contributed by atoms with Gasteiger partial charge in [-0.25, -0.2) is 14.1 Å². The van der Waals surface area contributed by atoms with E-state index in [0.717, 1.165) is 4.67 Å². The van der Waals surface area contributed by atoms with E-state index < -0.39 is 12.9 Å². The van der Waals surface area contributed by atoms with Crippen LogP contribution in [0.3, 0.4) is 0 Å². The minimum Gasteiger partial charge on any atom is -0.467 e. The first kappa shape index (κ1) is 13.3. The van der Waals surface area contributed by atoms with Gasteiger partial charge in [0.1, 0.15) is 13.2 Å². The molecule has 1 aliphatic heterocycles. The van der Waals surface area contributed by atoms with Gasteiger partial charge < -0.3 is 9.47 Å². The lowest BCUT2D eigenvalue weighted by atomic mass is 10.7. The van der Waals surface area contributed by atoms with Crippen molar-refractivity contribution in [3.8, 4) is 0 Å². The average Bonchev–Trinajstić information content (AvgIpc) is 2.65. The van der Waals surface area contributed by atoms with E-state index >= 15 is 0 Å². The van der Waals surface area contributed by atoms with Crippen molar-refractivity contribution in [2.24, 2.45) is 0 Å². The van der Waals surface area contributed by atoms with Crippen molar-refractivity contribution in [1.29, 1.82) is 0 Å². The van der Waals surface area contributed by atoms with Gasteiger partial charge in [-0.2, -0.15) is 0 Å². The van der Waals surface area contributed by atoms with Gasteiger partial charge in [-0.05, 0) is 18.3 Å². The predicted molar refractivity (Wildman–Crippen MR) is 56.2 cm³/mol. The van der Waals surface area contributed by atoms with Crippen LogP contribution in [-0.2, 0) is 18.8 Å². The van der Waals surface area contributed by atoms with Gasteiger partial charge in [0, 0.05) is 6.54 Å². The van der Waals surface area contributed by atoms with E-state index in [1.165, 1.54) is 11.7 Å². The minimum atomic E-state index is -3.46. The van der Waals surface area contributed by atoms with E-state index in [-0.39, 0.29) is 32.8 Å². The molecule has 0 aromatic carbocycles. The Morgan fingerprint density at radius 1 is 1.75 bits per heavy atom. The third-order valence-electron chi connectivity index (χ3n) is 2.06. The number of amides is 1. The van der Waals surface area contributed by atoms with Gasteiger partial charge in [0.05, 0.1) is 6.54 Å². The lowest BCUT2D eigenvalue weighted by Crippen LogP contribution is -2.29. The lowest BCUT2D eigenvalue weighted by Gasteiger charge is -2.27. The summed E-state index contributed by atoms with van der Waals surface area (Å²) in [4.78, 5) is 21.1. The predicted octanol–water partition coefficient (Wildman–Crippen LogP) is 0.890. The summed E-state index contributed by atoms with van der Waals surface area (Å²) in [5, 5.41) is 0. The highest BCUT2D eigenvalue weighted by Gasteiger charge is 2.40. The molecular weight excluding hydrogens is 259 g/mol. The SMILES string of the molecule is CN(CCOC=O)P(=O)(Cl)N1CCOC1=O. The fraction of sp³-hybridized carbons (Fsp3) is 0.714. The zero-order valence-corrected chi connectivity index (χ0v) is 10.3. The van der Waals surface area contributed by atoms with Crippen molar-refractivity contribution >= 4 is 30.6 Å². The number of hydrogen-bond acceptors (Lipinski definition) is 5. The number of cyclic esters (lactones) is 1. The van der Waals surface area contributed by atoms with Crippen LogP contribution in [-0.4, -0.2) is 55.3 Å². The van der Waals surface area contributed by atoms with Crippen LogP contribution in [0.4, 0.5) is 4.79 Å². The van der Waals surface area contributed by atoms with E-state index in [1.807, 2.05) is 0 Å². The van der Waals surface area contributed by atoms with Gasteiger partial charge in [0.15, 0.2) is 0 Å². The molecule has 0 saturated carbocycles. The quantitative estimate of drug-likeness (QED) is 0.405. The minimum absolute atomic E-state index is 0.0552. The van der Waals surface area contributed by atoms with Gasteiger partial charge in [0.25, 0.3) is 6.47 Å². The Bertz CT molecular complexity index is 326. The number of carbonyl (C=O) groups is 2. The molecular formula is C7H12ClN2O5P. The summed E-state index contributed by atoms with van der Waals surface area (Å²) in [6.45, 7) is -2.58. The number of carbonyl (C=O) groups excluding carboxylic acids is 2. The summed E-state index contributed by atoms with van der Waals surface area (Å²) >= 11 is 5.83. The van der Waals surface area contributed by atoms with Gasteiger partial charge in [0.2, 0.25) is 0 Å². The second kappa shape index (κ2) is 5.52. The first-order chi connectivity index (χ1) is 7.50. The normalized spacial score (nSPS) is 19.4. The van der Waals surface area contributed by atoms with Crippen LogP contribution in [0, 0.1) is 0 Å². The molecule has 0 aromatic heterocycles. The first-order valence-corrected chi connectivity index (χ1v) is 7.03. The standard InChI is InChI=1S/C7H12ClN2O5P/c1-9(2-4-14-6-11)16(8,13)10-3-5-15-7(10)12/h6H,2-5H2,1H3. The van der Waals surface area contributed by atoms with Crippen LogP contribution in [0.25, 0.3) is 0 Å². The molecule has 16 heavy (non-hydrogen) atoms. The summed E-state index contributed by atoms with van der Waals surface area (Å²) < 4.78 is 23.4. The molecule has 0 spiro atoms. The van der Waals surface area contributed by atoms with E-state index in [9.17, 15) is 14.2 Å². The average molecular weight is 271 g/mol. The third-order valence-corrected chi connectivity index (χ3v) is 5.38. The smallest absolute Gasteiger partial charge is 0.417 e. The van der Waals surface area contributed by atoms with Crippen LogP contribution in [0.15, 0.2) is 0 Å². The van der Waals surface area contributed by atoms with Crippen molar-refractivity contribution in [1.82, 2.24) is 9.34 Å². The molecule has 7 nitrogen and oxygen atoms in total. The summed E-state index contributed by atoms with van der Waals surface area (Å²) in [6.07, 6.45) is -0.693. The summed E-state index contributed by atoms with van der Waals surface area (Å²) in [5.41, 5.74) is 0. The fourth-order valence-electron chi connectivity index (χ4n) is 1.15. The molecule has 1 heterocycles.